The van der Waals surface area contributed by atoms with Crippen LogP contribution < -0.4 is 5.32 Å². The number of carbonyl (C=O) groups excluding carboxylic acids is 1. The number of rotatable bonds is 3. The molecule has 5 nitrogen and oxygen atoms in total. The number of nitrogens with one attached hydrogen (secondary N) is 1. The van der Waals surface area contributed by atoms with E-state index in [2.05, 4.69) is 15.3 Å². The number of carbonyl (C=O) groups is 1. The monoisotopic (exact) mass is 252 g/mol. The van der Waals surface area contributed by atoms with Crippen molar-refractivity contribution in [3.63, 3.8) is 0 Å². The summed E-state index contributed by atoms with van der Waals surface area (Å²) in [7, 11) is 0. The van der Waals surface area contributed by atoms with Gasteiger partial charge < -0.3 is 5.32 Å². The van der Waals surface area contributed by atoms with E-state index in [1.807, 2.05) is 36.4 Å². The first-order valence-electron chi connectivity index (χ1n) is 5.72. The first-order valence-corrected chi connectivity index (χ1v) is 5.72. The largest absolute Gasteiger partial charge is 0.326 e. The lowest BCUT2D eigenvalue weighted by molar-refractivity contribution is -0.114. The molecule has 2 aromatic carbocycles. The van der Waals surface area contributed by atoms with E-state index < -0.39 is 0 Å². The van der Waals surface area contributed by atoms with Crippen LogP contribution in [0.3, 0.4) is 0 Å². The van der Waals surface area contributed by atoms with Crippen LogP contribution in [0.1, 0.15) is 6.92 Å². The van der Waals surface area contributed by atoms with Gasteiger partial charge in [-0.2, -0.15) is 0 Å². The molecule has 0 saturated carbocycles. The highest BCUT2D eigenvalue weighted by Crippen LogP contribution is 2.24. The molecule has 1 amide bonds. The summed E-state index contributed by atoms with van der Waals surface area (Å²) in [6, 6.07) is 14.8. The number of amides is 1. The molecule has 19 heavy (non-hydrogen) atoms. The minimum Gasteiger partial charge on any atom is -0.326 e. The van der Waals surface area contributed by atoms with Crippen molar-refractivity contribution in [1.29, 1.82) is 0 Å². The van der Waals surface area contributed by atoms with Crippen molar-refractivity contribution in [3.05, 3.63) is 59.0 Å². The Morgan fingerprint density at radius 1 is 1.05 bits per heavy atom. The lowest BCUT2D eigenvalue weighted by Crippen LogP contribution is -2.05. The third-order valence-corrected chi connectivity index (χ3v) is 2.57. The number of azide groups is 1. The van der Waals surface area contributed by atoms with E-state index in [0.717, 1.165) is 16.8 Å². The predicted molar refractivity (Wildman–Crippen MR) is 75.0 cm³/mol. The van der Waals surface area contributed by atoms with Gasteiger partial charge in [-0.05, 0) is 28.8 Å². The molecule has 0 aliphatic heterocycles. The van der Waals surface area contributed by atoms with Crippen molar-refractivity contribution in [2.45, 2.75) is 6.92 Å². The van der Waals surface area contributed by atoms with Gasteiger partial charge in [0, 0.05) is 23.2 Å². The Balaban J connectivity index is 2.21. The molecule has 0 radical (unpaired) electrons. The number of hydrogen-bond donors (Lipinski definition) is 1. The Labute approximate surface area is 110 Å². The van der Waals surface area contributed by atoms with Crippen LogP contribution in [0.2, 0.25) is 0 Å². The first-order chi connectivity index (χ1) is 9.19. The first kappa shape index (κ1) is 12.7. The Morgan fingerprint density at radius 2 is 1.58 bits per heavy atom. The second-order valence-corrected chi connectivity index (χ2v) is 3.99. The normalized spacial score (nSPS) is 9.53. The maximum absolute atomic E-state index is 10.9. The van der Waals surface area contributed by atoms with E-state index >= 15 is 0 Å². The quantitative estimate of drug-likeness (QED) is 0.494. The third-order valence-electron chi connectivity index (χ3n) is 2.57. The van der Waals surface area contributed by atoms with Gasteiger partial charge in [0.25, 0.3) is 0 Å². The van der Waals surface area contributed by atoms with Gasteiger partial charge in [-0.1, -0.05) is 41.5 Å². The molecule has 5 heteroatoms. The van der Waals surface area contributed by atoms with Crippen molar-refractivity contribution in [1.82, 2.24) is 0 Å². The zero-order valence-electron chi connectivity index (χ0n) is 10.4. The molecule has 0 aliphatic rings. The van der Waals surface area contributed by atoms with Gasteiger partial charge >= 0.3 is 0 Å². The van der Waals surface area contributed by atoms with Crippen LogP contribution in [0.15, 0.2) is 53.6 Å². The highest BCUT2D eigenvalue weighted by molar-refractivity contribution is 5.89. The summed E-state index contributed by atoms with van der Waals surface area (Å²) in [5, 5.41) is 6.24. The molecule has 0 fully saturated rings. The van der Waals surface area contributed by atoms with E-state index in [4.69, 9.17) is 5.53 Å². The summed E-state index contributed by atoms with van der Waals surface area (Å²) < 4.78 is 0. The fourth-order valence-electron chi connectivity index (χ4n) is 1.72. The summed E-state index contributed by atoms with van der Waals surface area (Å²) >= 11 is 0. The number of anilines is 1. The number of hydrogen-bond acceptors (Lipinski definition) is 2. The van der Waals surface area contributed by atoms with E-state index in [0.29, 0.717) is 5.69 Å². The van der Waals surface area contributed by atoms with Crippen molar-refractivity contribution in [3.8, 4) is 11.1 Å². The average molecular weight is 252 g/mol. The third kappa shape index (κ3) is 3.34. The minimum absolute atomic E-state index is 0.0912. The van der Waals surface area contributed by atoms with E-state index in [9.17, 15) is 4.79 Å². The van der Waals surface area contributed by atoms with Crippen molar-refractivity contribution in [2.75, 3.05) is 5.32 Å². The number of nitrogens with zero attached hydrogens (tertiary/aromatic N) is 3. The molecule has 0 bridgehead atoms. The Morgan fingerprint density at radius 3 is 2.05 bits per heavy atom. The average Bonchev–Trinajstić information content (AvgIpc) is 2.40. The van der Waals surface area contributed by atoms with E-state index in [1.165, 1.54) is 6.92 Å². The van der Waals surface area contributed by atoms with E-state index in [-0.39, 0.29) is 5.91 Å². The topological polar surface area (TPSA) is 77.9 Å². The molecule has 1 N–H and O–H groups in total. The molecular weight excluding hydrogens is 240 g/mol. The van der Waals surface area contributed by atoms with Gasteiger partial charge in [-0.25, -0.2) is 0 Å². The number of benzene rings is 2. The molecule has 2 rings (SSSR count). The fourth-order valence-corrected chi connectivity index (χ4v) is 1.72. The lowest BCUT2D eigenvalue weighted by Gasteiger charge is -2.05. The van der Waals surface area contributed by atoms with Crippen molar-refractivity contribution >= 4 is 17.3 Å². The van der Waals surface area contributed by atoms with E-state index in [1.54, 1.807) is 12.1 Å². The summed E-state index contributed by atoms with van der Waals surface area (Å²) in [5.74, 6) is -0.0912. The Kier molecular flexibility index (Phi) is 3.81. The molecule has 0 heterocycles. The van der Waals surface area contributed by atoms with Crippen LogP contribution in [0.4, 0.5) is 11.4 Å². The van der Waals surface area contributed by atoms with Crippen LogP contribution in [-0.2, 0) is 4.79 Å². The van der Waals surface area contributed by atoms with Crippen LogP contribution in [0.25, 0.3) is 21.6 Å². The Bertz CT molecular complexity index is 626. The molecular formula is C14H12N4O. The van der Waals surface area contributed by atoms with Crippen LogP contribution >= 0.6 is 0 Å². The van der Waals surface area contributed by atoms with Crippen molar-refractivity contribution in [2.24, 2.45) is 5.11 Å². The highest BCUT2D eigenvalue weighted by Gasteiger charge is 1.99. The molecule has 94 valence electrons. The lowest BCUT2D eigenvalue weighted by atomic mass is 10.1. The van der Waals surface area contributed by atoms with Crippen LogP contribution in [0, 0.1) is 0 Å². The maximum Gasteiger partial charge on any atom is 0.221 e. The minimum atomic E-state index is -0.0912. The molecule has 0 atom stereocenters. The second-order valence-electron chi connectivity index (χ2n) is 3.99. The van der Waals surface area contributed by atoms with Gasteiger partial charge in [0.05, 0.1) is 0 Å². The Hall–Kier alpha value is -2.78. The molecule has 0 aliphatic carbocycles. The summed E-state index contributed by atoms with van der Waals surface area (Å²) in [6.07, 6.45) is 0. The van der Waals surface area contributed by atoms with Gasteiger partial charge in [0.15, 0.2) is 0 Å². The smallest absolute Gasteiger partial charge is 0.221 e. The zero-order chi connectivity index (χ0) is 13.7. The molecule has 0 unspecified atom stereocenters. The van der Waals surface area contributed by atoms with Crippen LogP contribution in [-0.4, -0.2) is 5.91 Å². The maximum atomic E-state index is 10.9. The fraction of sp³-hybridized carbons (Fsp3) is 0.0714. The van der Waals surface area contributed by atoms with Gasteiger partial charge in [-0.15, -0.1) is 0 Å². The standard InChI is InChI=1S/C14H12N4O/c1-10(19)16-13-6-2-11(3-7-13)12-4-8-14(9-5-12)17-18-15/h2-9H,1H3,(H,16,19). The molecule has 2 aromatic rings. The summed E-state index contributed by atoms with van der Waals surface area (Å²) in [5.41, 5.74) is 11.7. The summed E-state index contributed by atoms with van der Waals surface area (Å²) in [6.45, 7) is 1.47. The van der Waals surface area contributed by atoms with Gasteiger partial charge in [0.2, 0.25) is 5.91 Å². The highest BCUT2D eigenvalue weighted by atomic mass is 16.1. The zero-order valence-corrected chi connectivity index (χ0v) is 10.4. The van der Waals surface area contributed by atoms with Crippen LogP contribution in [0.5, 0.6) is 0 Å². The van der Waals surface area contributed by atoms with Gasteiger partial charge in [0.1, 0.15) is 0 Å². The summed E-state index contributed by atoms with van der Waals surface area (Å²) in [4.78, 5) is 13.6. The van der Waals surface area contributed by atoms with Crippen molar-refractivity contribution < 1.29 is 4.79 Å². The molecule has 0 saturated heterocycles. The molecule has 0 spiro atoms. The second kappa shape index (κ2) is 5.71. The predicted octanol–water partition coefficient (Wildman–Crippen LogP) is 4.25. The SMILES string of the molecule is CC(=O)Nc1ccc(-c2ccc(N=[N+]=[N-])cc2)cc1. The van der Waals surface area contributed by atoms with Gasteiger partial charge in [-0.3, -0.25) is 4.79 Å². The molecule has 0 aromatic heterocycles.